The van der Waals surface area contributed by atoms with Crippen molar-refractivity contribution in [1.29, 1.82) is 0 Å². The van der Waals surface area contributed by atoms with Gasteiger partial charge in [-0.25, -0.2) is 0 Å². The van der Waals surface area contributed by atoms with E-state index >= 15 is 0 Å². The summed E-state index contributed by atoms with van der Waals surface area (Å²) in [5.41, 5.74) is 0. The summed E-state index contributed by atoms with van der Waals surface area (Å²) in [4.78, 5) is 23.0. The molecule has 0 saturated carbocycles. The monoisotopic (exact) mass is 326 g/mol. The summed E-state index contributed by atoms with van der Waals surface area (Å²) in [5, 5.41) is 0.595. The molecule has 0 unspecified atom stereocenters. The highest BCUT2D eigenvalue weighted by Gasteiger charge is 2.07. The van der Waals surface area contributed by atoms with Gasteiger partial charge >= 0.3 is 11.9 Å². The molecule has 0 atom stereocenters. The van der Waals surface area contributed by atoms with E-state index in [0.29, 0.717) is 36.6 Å². The van der Waals surface area contributed by atoms with Crippen LogP contribution in [0.2, 0.25) is 5.02 Å². The molecule has 0 radical (unpaired) electrons. The molecule has 0 fully saturated rings. The molecule has 22 heavy (non-hydrogen) atoms. The maximum absolute atomic E-state index is 11.6. The summed E-state index contributed by atoms with van der Waals surface area (Å²) in [6, 6.07) is 6.62. The van der Waals surface area contributed by atoms with Gasteiger partial charge < -0.3 is 9.47 Å². The van der Waals surface area contributed by atoms with Crippen LogP contribution in [0.4, 0.5) is 0 Å². The molecule has 0 aliphatic heterocycles. The first-order valence-corrected chi connectivity index (χ1v) is 8.11. The van der Waals surface area contributed by atoms with E-state index in [2.05, 4.69) is 6.92 Å². The number of hydrogen-bond acceptors (Lipinski definition) is 4. The van der Waals surface area contributed by atoms with Crippen LogP contribution in [0.3, 0.4) is 0 Å². The Hall–Kier alpha value is -1.55. The first-order valence-electron chi connectivity index (χ1n) is 7.73. The van der Waals surface area contributed by atoms with Gasteiger partial charge in [-0.05, 0) is 43.5 Å². The predicted octanol–water partition coefficient (Wildman–Crippen LogP) is 4.54. The van der Waals surface area contributed by atoms with E-state index in [4.69, 9.17) is 21.1 Å². The summed E-state index contributed by atoms with van der Waals surface area (Å²) in [7, 11) is 0. The number of carbonyl (C=O) groups excluding carboxylic acids is 2. The molecular weight excluding hydrogens is 304 g/mol. The van der Waals surface area contributed by atoms with E-state index in [1.54, 1.807) is 24.3 Å². The number of esters is 2. The summed E-state index contributed by atoms with van der Waals surface area (Å²) in [5.74, 6) is -0.0226. The molecule has 1 aromatic carbocycles. The van der Waals surface area contributed by atoms with Crippen LogP contribution < -0.4 is 4.74 Å². The summed E-state index contributed by atoms with van der Waals surface area (Å²) in [6.07, 6.45) is 4.96. The number of hydrogen-bond donors (Lipinski definition) is 0. The molecule has 0 heterocycles. The average Bonchev–Trinajstić information content (AvgIpc) is 2.50. The number of ether oxygens (including phenoxy) is 2. The fraction of sp³-hybridized carbons (Fsp3) is 0.529. The standard InChI is InChI=1S/C17H23ClO4/c1-2-3-6-13-21-16(19)7-4-5-8-17(20)22-15-11-9-14(18)10-12-15/h9-12H,2-8,13H2,1H3. The van der Waals surface area contributed by atoms with Crippen LogP contribution in [0.5, 0.6) is 5.75 Å². The number of carbonyl (C=O) groups is 2. The van der Waals surface area contributed by atoms with Crippen LogP contribution in [-0.2, 0) is 14.3 Å². The van der Waals surface area contributed by atoms with Gasteiger partial charge in [0.15, 0.2) is 0 Å². The van der Waals surface area contributed by atoms with E-state index in [1.807, 2.05) is 0 Å². The van der Waals surface area contributed by atoms with Crippen LogP contribution in [0.1, 0.15) is 51.9 Å². The fourth-order valence-corrected chi connectivity index (χ4v) is 1.96. The van der Waals surface area contributed by atoms with E-state index < -0.39 is 0 Å². The lowest BCUT2D eigenvalue weighted by Crippen LogP contribution is -2.09. The number of halogens is 1. The van der Waals surface area contributed by atoms with Crippen molar-refractivity contribution in [2.24, 2.45) is 0 Å². The van der Waals surface area contributed by atoms with E-state index in [1.165, 1.54) is 0 Å². The summed E-state index contributed by atoms with van der Waals surface area (Å²) >= 11 is 5.75. The van der Waals surface area contributed by atoms with Gasteiger partial charge in [0.25, 0.3) is 0 Å². The van der Waals surface area contributed by atoms with Gasteiger partial charge in [0.1, 0.15) is 5.75 Å². The third-order valence-corrected chi connectivity index (χ3v) is 3.32. The zero-order valence-corrected chi connectivity index (χ0v) is 13.7. The number of unbranched alkanes of at least 4 members (excludes halogenated alkanes) is 3. The Labute approximate surface area is 136 Å². The topological polar surface area (TPSA) is 52.6 Å². The van der Waals surface area contributed by atoms with Crippen molar-refractivity contribution in [2.75, 3.05) is 6.61 Å². The fourth-order valence-electron chi connectivity index (χ4n) is 1.83. The first-order chi connectivity index (χ1) is 10.6. The molecule has 0 saturated heterocycles. The molecule has 0 aliphatic carbocycles. The molecular formula is C17H23ClO4. The molecule has 0 bridgehead atoms. The van der Waals surface area contributed by atoms with Crippen molar-refractivity contribution < 1.29 is 19.1 Å². The Balaban J connectivity index is 2.07. The Bertz CT molecular complexity index is 456. The van der Waals surface area contributed by atoms with Crippen LogP contribution in [-0.4, -0.2) is 18.5 Å². The molecule has 1 aromatic rings. The minimum atomic E-state index is -0.307. The highest BCUT2D eigenvalue weighted by Crippen LogP contribution is 2.16. The van der Waals surface area contributed by atoms with E-state index in [9.17, 15) is 9.59 Å². The van der Waals surface area contributed by atoms with Gasteiger partial charge in [0, 0.05) is 17.9 Å². The Morgan fingerprint density at radius 1 is 0.955 bits per heavy atom. The van der Waals surface area contributed by atoms with Gasteiger partial charge in [-0.1, -0.05) is 31.4 Å². The van der Waals surface area contributed by atoms with Crippen LogP contribution >= 0.6 is 11.6 Å². The SMILES string of the molecule is CCCCCOC(=O)CCCCC(=O)Oc1ccc(Cl)cc1. The largest absolute Gasteiger partial charge is 0.466 e. The first kappa shape index (κ1) is 18.5. The lowest BCUT2D eigenvalue weighted by atomic mass is 10.2. The third-order valence-electron chi connectivity index (χ3n) is 3.07. The van der Waals surface area contributed by atoms with Gasteiger partial charge in [-0.2, -0.15) is 0 Å². The van der Waals surface area contributed by atoms with Crippen molar-refractivity contribution in [3.05, 3.63) is 29.3 Å². The number of rotatable bonds is 10. The van der Waals surface area contributed by atoms with Crippen molar-refractivity contribution >= 4 is 23.5 Å². The zero-order chi connectivity index (χ0) is 16.2. The normalized spacial score (nSPS) is 10.3. The highest BCUT2D eigenvalue weighted by molar-refractivity contribution is 6.30. The summed E-state index contributed by atoms with van der Waals surface area (Å²) in [6.45, 7) is 2.59. The molecule has 1 rings (SSSR count). The van der Waals surface area contributed by atoms with Gasteiger partial charge in [0.05, 0.1) is 6.61 Å². The van der Waals surface area contributed by atoms with E-state index in [0.717, 1.165) is 19.3 Å². The molecule has 0 amide bonds. The second-order valence-corrected chi connectivity index (χ2v) is 5.50. The maximum Gasteiger partial charge on any atom is 0.311 e. The zero-order valence-electron chi connectivity index (χ0n) is 13.0. The lowest BCUT2D eigenvalue weighted by molar-refractivity contribution is -0.144. The van der Waals surface area contributed by atoms with Crippen LogP contribution in [0.15, 0.2) is 24.3 Å². The molecule has 5 heteroatoms. The van der Waals surface area contributed by atoms with Crippen LogP contribution in [0.25, 0.3) is 0 Å². The van der Waals surface area contributed by atoms with Crippen molar-refractivity contribution in [3.8, 4) is 5.75 Å². The average molecular weight is 327 g/mol. The molecule has 0 aliphatic rings. The Morgan fingerprint density at radius 3 is 2.23 bits per heavy atom. The Kier molecular flexibility index (Phi) is 9.31. The number of benzene rings is 1. The highest BCUT2D eigenvalue weighted by atomic mass is 35.5. The lowest BCUT2D eigenvalue weighted by Gasteiger charge is -2.05. The van der Waals surface area contributed by atoms with Gasteiger partial charge in [0.2, 0.25) is 0 Å². The second-order valence-electron chi connectivity index (χ2n) is 5.06. The van der Waals surface area contributed by atoms with Crippen LogP contribution in [0, 0.1) is 0 Å². The molecule has 0 aromatic heterocycles. The second kappa shape index (κ2) is 11.1. The van der Waals surface area contributed by atoms with Gasteiger partial charge in [-0.3, -0.25) is 9.59 Å². The van der Waals surface area contributed by atoms with E-state index in [-0.39, 0.29) is 18.4 Å². The predicted molar refractivity (Wildman–Crippen MR) is 86.0 cm³/mol. The maximum atomic E-state index is 11.6. The van der Waals surface area contributed by atoms with Crippen molar-refractivity contribution in [3.63, 3.8) is 0 Å². The minimum Gasteiger partial charge on any atom is -0.466 e. The smallest absolute Gasteiger partial charge is 0.311 e. The quantitative estimate of drug-likeness (QED) is 0.360. The summed E-state index contributed by atoms with van der Waals surface area (Å²) < 4.78 is 10.2. The van der Waals surface area contributed by atoms with Crippen molar-refractivity contribution in [2.45, 2.75) is 51.9 Å². The molecule has 0 N–H and O–H groups in total. The van der Waals surface area contributed by atoms with Gasteiger partial charge in [-0.15, -0.1) is 0 Å². The Morgan fingerprint density at radius 2 is 1.59 bits per heavy atom. The third kappa shape index (κ3) is 8.67. The molecule has 4 nitrogen and oxygen atoms in total. The van der Waals surface area contributed by atoms with Crippen molar-refractivity contribution in [1.82, 2.24) is 0 Å². The minimum absolute atomic E-state index is 0.192. The molecule has 0 spiro atoms. The molecule has 122 valence electrons.